The zero-order chi connectivity index (χ0) is 18.6. The summed E-state index contributed by atoms with van der Waals surface area (Å²) in [4.78, 5) is 5.36. The van der Waals surface area contributed by atoms with Crippen molar-refractivity contribution in [3.8, 4) is 16.9 Å². The third-order valence-corrected chi connectivity index (χ3v) is 5.42. The van der Waals surface area contributed by atoms with E-state index in [-0.39, 0.29) is 5.54 Å². The van der Waals surface area contributed by atoms with Crippen LogP contribution < -0.4 is 9.46 Å². The van der Waals surface area contributed by atoms with Crippen molar-refractivity contribution in [2.45, 2.75) is 31.2 Å². The van der Waals surface area contributed by atoms with Crippen LogP contribution in [0.1, 0.15) is 25.0 Å². The quantitative estimate of drug-likeness (QED) is 0.578. The van der Waals surface area contributed by atoms with Crippen molar-refractivity contribution in [1.82, 2.24) is 9.71 Å². The van der Waals surface area contributed by atoms with Crippen LogP contribution in [0.5, 0.6) is 5.75 Å². The molecule has 1 heterocycles. The van der Waals surface area contributed by atoms with Crippen LogP contribution >= 0.6 is 11.9 Å². The molecule has 0 atom stereocenters. The molecule has 0 unspecified atom stereocenters. The van der Waals surface area contributed by atoms with Crippen LogP contribution in [0.15, 0.2) is 71.9 Å². The van der Waals surface area contributed by atoms with Crippen molar-refractivity contribution >= 4 is 11.9 Å². The Morgan fingerprint density at radius 3 is 2.62 bits per heavy atom. The lowest BCUT2D eigenvalue weighted by atomic mass is 9.92. The molecule has 0 aliphatic rings. The van der Waals surface area contributed by atoms with Crippen LogP contribution in [0.4, 0.5) is 0 Å². The lowest BCUT2D eigenvalue weighted by Gasteiger charge is -2.27. The van der Waals surface area contributed by atoms with Gasteiger partial charge in [0.1, 0.15) is 5.75 Å². The molecule has 0 saturated heterocycles. The van der Waals surface area contributed by atoms with E-state index in [2.05, 4.69) is 79.0 Å². The fourth-order valence-corrected chi connectivity index (χ4v) is 3.66. The molecule has 2 aromatic carbocycles. The first-order chi connectivity index (χ1) is 12.5. The third-order valence-electron chi connectivity index (χ3n) is 4.31. The summed E-state index contributed by atoms with van der Waals surface area (Å²) in [6, 6.07) is 19.0. The van der Waals surface area contributed by atoms with Gasteiger partial charge in [-0.1, -0.05) is 30.3 Å². The fraction of sp³-hybridized carbons (Fsp3) is 0.227. The molecule has 0 saturated carbocycles. The molecule has 0 fully saturated rings. The minimum Gasteiger partial charge on any atom is -0.494 e. The van der Waals surface area contributed by atoms with Crippen molar-refractivity contribution in [1.29, 1.82) is 0 Å². The summed E-state index contributed by atoms with van der Waals surface area (Å²) in [6.07, 6.45) is 3.54. The van der Waals surface area contributed by atoms with E-state index in [4.69, 9.17) is 4.74 Å². The largest absolute Gasteiger partial charge is 0.494 e. The van der Waals surface area contributed by atoms with Gasteiger partial charge in [-0.15, -0.1) is 0 Å². The Morgan fingerprint density at radius 2 is 1.85 bits per heavy atom. The second-order valence-corrected chi connectivity index (χ2v) is 7.68. The number of pyridine rings is 1. The maximum absolute atomic E-state index is 5.46. The Kier molecular flexibility index (Phi) is 5.64. The average molecular weight is 365 g/mol. The van der Waals surface area contributed by atoms with Crippen LogP contribution in [-0.2, 0) is 5.54 Å². The molecule has 26 heavy (non-hydrogen) atoms. The van der Waals surface area contributed by atoms with Gasteiger partial charge in [0.2, 0.25) is 0 Å². The van der Waals surface area contributed by atoms with Crippen molar-refractivity contribution in [3.63, 3.8) is 0 Å². The fourth-order valence-electron chi connectivity index (χ4n) is 2.78. The molecule has 1 N–H and O–H groups in total. The average Bonchev–Trinajstić information content (AvgIpc) is 2.66. The molecule has 4 heteroatoms. The lowest BCUT2D eigenvalue weighted by Crippen LogP contribution is -2.31. The number of rotatable bonds is 6. The SMILES string of the molecule is COc1cnccc1-c1cccc(C(C)(C)NSc2cccc(C)c2)c1. The van der Waals surface area contributed by atoms with Gasteiger partial charge in [-0.3, -0.25) is 4.98 Å². The Morgan fingerprint density at radius 1 is 1.04 bits per heavy atom. The highest BCUT2D eigenvalue weighted by Crippen LogP contribution is 2.33. The Balaban J connectivity index is 1.84. The van der Waals surface area contributed by atoms with Crippen LogP contribution in [0.3, 0.4) is 0 Å². The molecule has 0 spiro atoms. The molecule has 3 nitrogen and oxygen atoms in total. The topological polar surface area (TPSA) is 34.1 Å². The molecule has 0 bridgehead atoms. The second kappa shape index (κ2) is 7.94. The summed E-state index contributed by atoms with van der Waals surface area (Å²) in [6.45, 7) is 6.50. The first kappa shape index (κ1) is 18.5. The number of hydrogen-bond acceptors (Lipinski definition) is 4. The molecule has 0 radical (unpaired) electrons. The number of aryl methyl sites for hydroxylation is 1. The van der Waals surface area contributed by atoms with E-state index in [1.165, 1.54) is 16.0 Å². The lowest BCUT2D eigenvalue weighted by molar-refractivity contribution is 0.414. The highest BCUT2D eigenvalue weighted by molar-refractivity contribution is 7.97. The summed E-state index contributed by atoms with van der Waals surface area (Å²) >= 11 is 1.66. The first-order valence-corrected chi connectivity index (χ1v) is 9.41. The molecule has 0 aliphatic heterocycles. The van der Waals surface area contributed by atoms with E-state index in [1.54, 1.807) is 31.5 Å². The van der Waals surface area contributed by atoms with Crippen LogP contribution in [0, 0.1) is 6.92 Å². The highest BCUT2D eigenvalue weighted by atomic mass is 32.2. The standard InChI is InChI=1S/C22H24N2OS/c1-16-7-5-10-19(13-16)26-24-22(2,3)18-9-6-8-17(14-18)20-11-12-23-15-21(20)25-4/h5-15,24H,1-4H3. The zero-order valence-corrected chi connectivity index (χ0v) is 16.4. The summed E-state index contributed by atoms with van der Waals surface area (Å²) in [5.41, 5.74) is 4.46. The van der Waals surface area contributed by atoms with Crippen molar-refractivity contribution in [3.05, 3.63) is 78.1 Å². The number of nitrogens with zero attached hydrogens (tertiary/aromatic N) is 1. The van der Waals surface area contributed by atoms with E-state index in [0.717, 1.165) is 16.9 Å². The van der Waals surface area contributed by atoms with E-state index in [1.807, 2.05) is 6.07 Å². The molecule has 0 aliphatic carbocycles. The van der Waals surface area contributed by atoms with Crippen molar-refractivity contribution < 1.29 is 4.74 Å². The van der Waals surface area contributed by atoms with Gasteiger partial charge in [-0.05, 0) is 73.7 Å². The van der Waals surface area contributed by atoms with E-state index < -0.39 is 0 Å². The number of methoxy groups -OCH3 is 1. The van der Waals surface area contributed by atoms with Gasteiger partial charge < -0.3 is 4.74 Å². The van der Waals surface area contributed by atoms with Crippen LogP contribution in [0.25, 0.3) is 11.1 Å². The van der Waals surface area contributed by atoms with Crippen LogP contribution in [-0.4, -0.2) is 12.1 Å². The number of ether oxygens (including phenoxy) is 1. The summed E-state index contributed by atoms with van der Waals surface area (Å²) in [5, 5.41) is 0. The molecule has 0 amide bonds. The summed E-state index contributed by atoms with van der Waals surface area (Å²) < 4.78 is 9.06. The normalized spacial score (nSPS) is 11.4. The van der Waals surface area contributed by atoms with Crippen LogP contribution in [0.2, 0.25) is 0 Å². The van der Waals surface area contributed by atoms with Crippen molar-refractivity contribution in [2.75, 3.05) is 7.11 Å². The summed E-state index contributed by atoms with van der Waals surface area (Å²) in [7, 11) is 1.67. The third kappa shape index (κ3) is 4.26. The monoisotopic (exact) mass is 364 g/mol. The number of benzene rings is 2. The minimum atomic E-state index is -0.190. The Hall–Kier alpha value is -2.30. The van der Waals surface area contributed by atoms with Gasteiger partial charge in [0.05, 0.1) is 13.3 Å². The molecular formula is C22H24N2OS. The predicted molar refractivity (Wildman–Crippen MR) is 109 cm³/mol. The van der Waals surface area contributed by atoms with Gasteiger partial charge in [0.15, 0.2) is 0 Å². The zero-order valence-electron chi connectivity index (χ0n) is 15.6. The predicted octanol–water partition coefficient (Wildman–Crippen LogP) is 5.60. The Bertz CT molecular complexity index is 893. The van der Waals surface area contributed by atoms with E-state index >= 15 is 0 Å². The van der Waals surface area contributed by atoms with Gasteiger partial charge in [0, 0.05) is 22.2 Å². The summed E-state index contributed by atoms with van der Waals surface area (Å²) in [5.74, 6) is 0.782. The number of aromatic nitrogens is 1. The van der Waals surface area contributed by atoms with Gasteiger partial charge >= 0.3 is 0 Å². The molecular weight excluding hydrogens is 340 g/mol. The van der Waals surface area contributed by atoms with E-state index in [0.29, 0.717) is 0 Å². The maximum Gasteiger partial charge on any atom is 0.144 e. The number of hydrogen-bond donors (Lipinski definition) is 1. The van der Waals surface area contributed by atoms with Crippen molar-refractivity contribution in [2.24, 2.45) is 0 Å². The smallest absolute Gasteiger partial charge is 0.144 e. The number of nitrogens with one attached hydrogen (secondary N) is 1. The molecule has 3 aromatic rings. The molecule has 3 rings (SSSR count). The second-order valence-electron chi connectivity index (χ2n) is 6.80. The van der Waals surface area contributed by atoms with Gasteiger partial charge in [0.25, 0.3) is 0 Å². The van der Waals surface area contributed by atoms with Gasteiger partial charge in [-0.2, -0.15) is 0 Å². The Labute approximate surface area is 160 Å². The first-order valence-electron chi connectivity index (χ1n) is 8.59. The molecule has 134 valence electrons. The van der Waals surface area contributed by atoms with E-state index in [9.17, 15) is 0 Å². The highest BCUT2D eigenvalue weighted by Gasteiger charge is 2.21. The maximum atomic E-state index is 5.46. The molecule has 1 aromatic heterocycles. The minimum absolute atomic E-state index is 0.190. The van der Waals surface area contributed by atoms with Gasteiger partial charge in [-0.25, -0.2) is 4.72 Å².